The van der Waals surface area contributed by atoms with Gasteiger partial charge in [0.05, 0.1) is 17.3 Å². The lowest BCUT2D eigenvalue weighted by molar-refractivity contribution is -0.139. The molecule has 1 aromatic rings. The Morgan fingerprint density at radius 3 is 3.00 bits per heavy atom. The highest BCUT2D eigenvalue weighted by molar-refractivity contribution is 5.76. The minimum atomic E-state index is -0.721. The van der Waals surface area contributed by atoms with Crippen molar-refractivity contribution in [1.29, 1.82) is 0 Å². The van der Waals surface area contributed by atoms with Crippen molar-refractivity contribution in [2.45, 2.75) is 45.6 Å². The molecule has 1 aliphatic heterocycles. The molecule has 0 aliphatic carbocycles. The fourth-order valence-electron chi connectivity index (χ4n) is 2.44. The average Bonchev–Trinajstić information content (AvgIpc) is 2.55. The van der Waals surface area contributed by atoms with Crippen molar-refractivity contribution in [2.75, 3.05) is 0 Å². The Kier molecular flexibility index (Phi) is 2.50. The SMILES string of the molecule is CCc1nc(C)c2n1CCCC2C(=O)O. The second kappa shape index (κ2) is 3.68. The van der Waals surface area contributed by atoms with Gasteiger partial charge in [0.15, 0.2) is 0 Å². The summed E-state index contributed by atoms with van der Waals surface area (Å²) in [6.07, 6.45) is 2.55. The smallest absolute Gasteiger partial charge is 0.312 e. The van der Waals surface area contributed by atoms with Crippen LogP contribution in [0.5, 0.6) is 0 Å². The van der Waals surface area contributed by atoms with Gasteiger partial charge in [-0.3, -0.25) is 4.79 Å². The molecule has 4 heteroatoms. The number of aryl methyl sites for hydroxylation is 2. The maximum atomic E-state index is 11.1. The van der Waals surface area contributed by atoms with E-state index in [2.05, 4.69) is 16.5 Å². The predicted octanol–water partition coefficient (Wildman–Crippen LogP) is 1.72. The van der Waals surface area contributed by atoms with Gasteiger partial charge in [-0.1, -0.05) is 6.92 Å². The number of carbonyl (C=O) groups is 1. The summed E-state index contributed by atoms with van der Waals surface area (Å²) in [5.74, 6) is -0.0541. The molecule has 1 unspecified atom stereocenters. The first kappa shape index (κ1) is 10.2. The van der Waals surface area contributed by atoms with Gasteiger partial charge in [0.25, 0.3) is 0 Å². The number of nitrogens with zero attached hydrogens (tertiary/aromatic N) is 2. The normalized spacial score (nSPS) is 20.0. The Labute approximate surface area is 88.9 Å². The highest BCUT2D eigenvalue weighted by Gasteiger charge is 2.30. The van der Waals surface area contributed by atoms with Gasteiger partial charge in [0, 0.05) is 13.0 Å². The maximum Gasteiger partial charge on any atom is 0.312 e. The number of carboxylic acids is 1. The lowest BCUT2D eigenvalue weighted by Crippen LogP contribution is -2.23. The molecule has 0 amide bonds. The molecule has 0 spiro atoms. The van der Waals surface area contributed by atoms with Gasteiger partial charge in [-0.15, -0.1) is 0 Å². The molecule has 0 fully saturated rings. The predicted molar refractivity (Wildman–Crippen MR) is 56.0 cm³/mol. The first-order valence-electron chi connectivity index (χ1n) is 5.43. The van der Waals surface area contributed by atoms with Crippen LogP contribution in [0.2, 0.25) is 0 Å². The third-order valence-electron chi connectivity index (χ3n) is 3.09. The van der Waals surface area contributed by atoms with Crippen molar-refractivity contribution >= 4 is 5.97 Å². The standard InChI is InChI=1S/C11H16N2O2/c1-3-9-12-7(2)10-8(11(14)15)5-4-6-13(9)10/h8H,3-6H2,1-2H3,(H,14,15). The molecular weight excluding hydrogens is 192 g/mol. The first-order valence-corrected chi connectivity index (χ1v) is 5.43. The molecule has 1 N–H and O–H groups in total. The van der Waals surface area contributed by atoms with Gasteiger partial charge >= 0.3 is 5.97 Å². The van der Waals surface area contributed by atoms with Crippen LogP contribution in [-0.2, 0) is 17.8 Å². The van der Waals surface area contributed by atoms with Gasteiger partial charge in [-0.05, 0) is 19.8 Å². The van der Waals surface area contributed by atoms with Gasteiger partial charge < -0.3 is 9.67 Å². The molecule has 4 nitrogen and oxygen atoms in total. The zero-order valence-electron chi connectivity index (χ0n) is 9.16. The summed E-state index contributed by atoms with van der Waals surface area (Å²) >= 11 is 0. The van der Waals surface area contributed by atoms with Crippen LogP contribution in [0, 0.1) is 6.92 Å². The van der Waals surface area contributed by atoms with Crippen LogP contribution < -0.4 is 0 Å². The molecule has 1 aliphatic rings. The van der Waals surface area contributed by atoms with E-state index in [9.17, 15) is 4.79 Å². The Morgan fingerprint density at radius 1 is 1.67 bits per heavy atom. The minimum absolute atomic E-state index is 0.355. The molecule has 0 bridgehead atoms. The van der Waals surface area contributed by atoms with E-state index in [0.717, 1.165) is 43.0 Å². The number of fused-ring (bicyclic) bond motifs is 1. The number of hydrogen-bond acceptors (Lipinski definition) is 2. The molecule has 1 atom stereocenters. The molecule has 0 saturated heterocycles. The highest BCUT2D eigenvalue weighted by Crippen LogP contribution is 2.31. The molecule has 15 heavy (non-hydrogen) atoms. The summed E-state index contributed by atoms with van der Waals surface area (Å²) in [6.45, 7) is 4.88. The van der Waals surface area contributed by atoms with E-state index < -0.39 is 5.97 Å². The summed E-state index contributed by atoms with van der Waals surface area (Å²) in [5.41, 5.74) is 1.81. The number of aliphatic carboxylic acids is 1. The second-order valence-corrected chi connectivity index (χ2v) is 4.04. The first-order chi connectivity index (χ1) is 7.15. The van der Waals surface area contributed by atoms with Crippen molar-refractivity contribution in [3.8, 4) is 0 Å². The lowest BCUT2D eigenvalue weighted by atomic mass is 9.95. The second-order valence-electron chi connectivity index (χ2n) is 4.04. The summed E-state index contributed by atoms with van der Waals surface area (Å²) in [4.78, 5) is 15.6. The van der Waals surface area contributed by atoms with E-state index in [1.165, 1.54) is 0 Å². The van der Waals surface area contributed by atoms with E-state index in [-0.39, 0.29) is 5.92 Å². The molecule has 1 aromatic heterocycles. The molecule has 82 valence electrons. The Bertz CT molecular complexity index is 396. The van der Waals surface area contributed by atoms with E-state index in [0.29, 0.717) is 0 Å². The van der Waals surface area contributed by atoms with E-state index in [4.69, 9.17) is 5.11 Å². The number of hydrogen-bond donors (Lipinski definition) is 1. The molecule has 0 saturated carbocycles. The van der Waals surface area contributed by atoms with Crippen molar-refractivity contribution in [3.63, 3.8) is 0 Å². The van der Waals surface area contributed by atoms with Crippen LogP contribution in [0.3, 0.4) is 0 Å². The van der Waals surface area contributed by atoms with Crippen LogP contribution in [0.1, 0.15) is 42.9 Å². The number of aromatic nitrogens is 2. The summed E-state index contributed by atoms with van der Waals surface area (Å²) in [5, 5.41) is 9.15. The van der Waals surface area contributed by atoms with Gasteiger partial charge in [-0.2, -0.15) is 0 Å². The quantitative estimate of drug-likeness (QED) is 0.805. The monoisotopic (exact) mass is 208 g/mol. The molecule has 0 aromatic carbocycles. The van der Waals surface area contributed by atoms with E-state index >= 15 is 0 Å². The number of carboxylic acid groups (broad SMARTS) is 1. The Balaban J connectivity index is 2.51. The minimum Gasteiger partial charge on any atom is -0.481 e. The summed E-state index contributed by atoms with van der Waals surface area (Å²) in [6, 6.07) is 0. The summed E-state index contributed by atoms with van der Waals surface area (Å²) in [7, 11) is 0. The van der Waals surface area contributed by atoms with Crippen LogP contribution >= 0.6 is 0 Å². The van der Waals surface area contributed by atoms with Gasteiger partial charge in [0.1, 0.15) is 5.82 Å². The van der Waals surface area contributed by atoms with Crippen LogP contribution in [0.25, 0.3) is 0 Å². The van der Waals surface area contributed by atoms with Crippen molar-refractivity contribution in [1.82, 2.24) is 9.55 Å². The lowest BCUT2D eigenvalue weighted by Gasteiger charge is -2.22. The fraction of sp³-hybridized carbons (Fsp3) is 0.636. The molecular formula is C11H16N2O2. The maximum absolute atomic E-state index is 11.1. The third-order valence-corrected chi connectivity index (χ3v) is 3.09. The average molecular weight is 208 g/mol. The number of imidazole rings is 1. The van der Waals surface area contributed by atoms with Crippen LogP contribution in [0.15, 0.2) is 0 Å². The van der Waals surface area contributed by atoms with Crippen molar-refractivity contribution in [3.05, 3.63) is 17.2 Å². The topological polar surface area (TPSA) is 55.1 Å². The van der Waals surface area contributed by atoms with Crippen molar-refractivity contribution < 1.29 is 9.90 Å². The van der Waals surface area contributed by atoms with Crippen LogP contribution in [0.4, 0.5) is 0 Å². The number of rotatable bonds is 2. The zero-order chi connectivity index (χ0) is 11.0. The third kappa shape index (κ3) is 1.54. The van der Waals surface area contributed by atoms with Gasteiger partial charge in [0.2, 0.25) is 0 Å². The van der Waals surface area contributed by atoms with Gasteiger partial charge in [-0.25, -0.2) is 4.98 Å². The van der Waals surface area contributed by atoms with Crippen LogP contribution in [-0.4, -0.2) is 20.6 Å². The Morgan fingerprint density at radius 2 is 2.40 bits per heavy atom. The van der Waals surface area contributed by atoms with Crippen molar-refractivity contribution in [2.24, 2.45) is 0 Å². The zero-order valence-corrected chi connectivity index (χ0v) is 9.16. The van der Waals surface area contributed by atoms with E-state index in [1.807, 2.05) is 6.92 Å². The molecule has 2 rings (SSSR count). The molecule has 2 heterocycles. The molecule has 0 radical (unpaired) electrons. The largest absolute Gasteiger partial charge is 0.481 e. The van der Waals surface area contributed by atoms with E-state index in [1.54, 1.807) is 0 Å². The highest BCUT2D eigenvalue weighted by atomic mass is 16.4. The summed E-state index contributed by atoms with van der Waals surface area (Å²) < 4.78 is 2.09. The fourth-order valence-corrected chi connectivity index (χ4v) is 2.44. The Hall–Kier alpha value is -1.32.